The van der Waals surface area contributed by atoms with Gasteiger partial charge < -0.3 is 19.7 Å². The molecule has 0 spiro atoms. The number of rotatable bonds is 5. The summed E-state index contributed by atoms with van der Waals surface area (Å²) < 4.78 is 7.35. The summed E-state index contributed by atoms with van der Waals surface area (Å²) in [5.41, 5.74) is 1.76. The van der Waals surface area contributed by atoms with Crippen LogP contribution in [0.2, 0.25) is 10.0 Å². The van der Waals surface area contributed by atoms with Crippen LogP contribution in [-0.4, -0.2) is 26.5 Å². The van der Waals surface area contributed by atoms with Gasteiger partial charge in [0.05, 0.1) is 27.4 Å². The second-order valence-corrected chi connectivity index (χ2v) is 7.50. The summed E-state index contributed by atoms with van der Waals surface area (Å²) in [6.07, 6.45) is 1.47. The zero-order chi connectivity index (χ0) is 22.1. The average Bonchev–Trinajstić information content (AvgIpc) is 3.08. The Morgan fingerprint density at radius 2 is 1.84 bits per heavy atom. The molecular weight excluding hydrogens is 441 g/mol. The molecule has 156 valence electrons. The minimum absolute atomic E-state index is 0.187. The summed E-state index contributed by atoms with van der Waals surface area (Å²) in [5.74, 6) is -0.524. The third kappa shape index (κ3) is 4.33. The Hall–Kier alpha value is -3.55. The zero-order valence-electron chi connectivity index (χ0n) is 16.1. The van der Waals surface area contributed by atoms with Gasteiger partial charge in [-0.1, -0.05) is 23.2 Å². The summed E-state index contributed by atoms with van der Waals surface area (Å²) in [4.78, 5) is 27.8. The van der Waals surface area contributed by atoms with Gasteiger partial charge in [0.15, 0.2) is 0 Å². The van der Waals surface area contributed by atoms with Gasteiger partial charge in [0.25, 0.3) is 5.91 Å². The van der Waals surface area contributed by atoms with Crippen molar-refractivity contribution in [3.63, 3.8) is 0 Å². The molecule has 0 saturated carbocycles. The number of nitrogens with zero attached hydrogens (tertiary/aromatic N) is 2. The molecule has 9 heteroatoms. The highest BCUT2D eigenvalue weighted by molar-refractivity contribution is 6.42. The monoisotopic (exact) mass is 455 g/mol. The van der Waals surface area contributed by atoms with Crippen LogP contribution in [0, 0.1) is 0 Å². The number of carboxylic acids is 1. The van der Waals surface area contributed by atoms with Gasteiger partial charge >= 0.3 is 5.97 Å². The van der Waals surface area contributed by atoms with Crippen molar-refractivity contribution in [1.29, 1.82) is 0 Å². The molecule has 0 unspecified atom stereocenters. The normalized spacial score (nSPS) is 10.8. The van der Waals surface area contributed by atoms with E-state index in [1.165, 1.54) is 12.3 Å². The van der Waals surface area contributed by atoms with Crippen LogP contribution in [0.3, 0.4) is 0 Å². The summed E-state index contributed by atoms with van der Waals surface area (Å²) in [7, 11) is 1.68. The van der Waals surface area contributed by atoms with E-state index in [9.17, 15) is 14.7 Å². The number of carboxylic acid groups (broad SMARTS) is 1. The van der Waals surface area contributed by atoms with E-state index in [0.717, 1.165) is 10.9 Å². The van der Waals surface area contributed by atoms with Crippen molar-refractivity contribution < 1.29 is 19.4 Å². The molecule has 7 nitrogen and oxygen atoms in total. The van der Waals surface area contributed by atoms with E-state index < -0.39 is 5.97 Å². The molecule has 0 radical (unpaired) electrons. The maximum Gasteiger partial charge on any atom is 0.352 e. The topological polar surface area (TPSA) is 93.5 Å². The van der Waals surface area contributed by atoms with E-state index in [1.807, 2.05) is 0 Å². The fourth-order valence-electron chi connectivity index (χ4n) is 3.05. The number of hydrogen-bond acceptors (Lipinski definition) is 4. The fourth-order valence-corrected chi connectivity index (χ4v) is 3.35. The molecule has 2 N–H and O–H groups in total. The first-order valence-corrected chi connectivity index (χ1v) is 9.80. The third-order valence-electron chi connectivity index (χ3n) is 4.63. The first-order chi connectivity index (χ1) is 14.8. The third-order valence-corrected chi connectivity index (χ3v) is 5.37. The first-order valence-electron chi connectivity index (χ1n) is 9.05. The average molecular weight is 456 g/mol. The summed E-state index contributed by atoms with van der Waals surface area (Å²) in [6.45, 7) is 0. The van der Waals surface area contributed by atoms with Gasteiger partial charge in [0.2, 0.25) is 5.88 Å². The molecule has 4 rings (SSSR count). The van der Waals surface area contributed by atoms with Crippen molar-refractivity contribution in [2.24, 2.45) is 7.05 Å². The molecule has 0 atom stereocenters. The van der Waals surface area contributed by atoms with E-state index in [4.69, 9.17) is 27.9 Å². The lowest BCUT2D eigenvalue weighted by molar-refractivity contribution is 0.0687. The van der Waals surface area contributed by atoms with Crippen LogP contribution in [0.15, 0.2) is 60.8 Å². The van der Waals surface area contributed by atoms with E-state index in [-0.39, 0.29) is 11.6 Å². The van der Waals surface area contributed by atoms with Crippen LogP contribution in [0.5, 0.6) is 11.6 Å². The molecule has 0 aliphatic heterocycles. The zero-order valence-corrected chi connectivity index (χ0v) is 17.6. The van der Waals surface area contributed by atoms with Gasteiger partial charge in [0.1, 0.15) is 11.4 Å². The summed E-state index contributed by atoms with van der Waals surface area (Å²) in [5, 5.41) is 13.4. The summed E-state index contributed by atoms with van der Waals surface area (Å²) >= 11 is 11.8. The molecule has 2 heterocycles. The molecule has 0 fully saturated rings. The highest BCUT2D eigenvalue weighted by atomic mass is 35.5. The fraction of sp³-hybridized carbons (Fsp3) is 0.0455. The maximum atomic E-state index is 12.3. The van der Waals surface area contributed by atoms with Crippen LogP contribution in [0.1, 0.15) is 20.8 Å². The lowest BCUT2D eigenvalue weighted by Gasteiger charge is -2.08. The second kappa shape index (κ2) is 8.29. The number of aryl methyl sites for hydroxylation is 1. The Labute approximate surface area is 186 Å². The number of carbonyl (C=O) groups excluding carboxylic acids is 1. The number of anilines is 1. The molecule has 0 saturated heterocycles. The van der Waals surface area contributed by atoms with Crippen molar-refractivity contribution >= 4 is 51.7 Å². The van der Waals surface area contributed by atoms with Gasteiger partial charge in [-0.15, -0.1) is 0 Å². The van der Waals surface area contributed by atoms with Crippen LogP contribution >= 0.6 is 23.2 Å². The van der Waals surface area contributed by atoms with E-state index in [1.54, 1.807) is 60.1 Å². The van der Waals surface area contributed by atoms with Gasteiger partial charge in [-0.05, 0) is 42.5 Å². The molecule has 4 aromatic rings. The molecular formula is C22H15Cl2N3O4. The van der Waals surface area contributed by atoms with Gasteiger partial charge in [0, 0.05) is 30.1 Å². The minimum atomic E-state index is -0.999. The SMILES string of the molecule is Cn1c(C(=O)O)cc2ccc(Oc3ccc(NC(=O)c4ccc(Cl)c(Cl)c4)cn3)cc21. The highest BCUT2D eigenvalue weighted by Gasteiger charge is 2.13. The number of halogens is 2. The molecule has 2 aromatic heterocycles. The number of carbonyl (C=O) groups is 2. The minimum Gasteiger partial charge on any atom is -0.477 e. The van der Waals surface area contributed by atoms with Crippen molar-refractivity contribution in [2.45, 2.75) is 0 Å². The molecule has 1 amide bonds. The smallest absolute Gasteiger partial charge is 0.352 e. The number of aromatic nitrogens is 2. The van der Waals surface area contributed by atoms with Crippen molar-refractivity contribution in [1.82, 2.24) is 9.55 Å². The quantitative estimate of drug-likeness (QED) is 0.407. The van der Waals surface area contributed by atoms with Crippen LogP contribution < -0.4 is 10.1 Å². The predicted octanol–water partition coefficient (Wildman–Crippen LogP) is 5.62. The number of pyridine rings is 1. The van der Waals surface area contributed by atoms with E-state index in [0.29, 0.717) is 32.9 Å². The Morgan fingerprint density at radius 3 is 2.52 bits per heavy atom. The van der Waals surface area contributed by atoms with Gasteiger partial charge in [-0.3, -0.25) is 4.79 Å². The second-order valence-electron chi connectivity index (χ2n) is 6.68. The standard InChI is InChI=1S/C22H15Cl2N3O4/c1-27-18-10-15(5-2-12(18)9-19(27)22(29)30)31-20-7-4-14(11-25-20)26-21(28)13-3-6-16(23)17(24)8-13/h2-11H,1H3,(H,26,28)(H,29,30). The number of benzene rings is 2. The molecule has 0 aliphatic carbocycles. The predicted molar refractivity (Wildman–Crippen MR) is 119 cm³/mol. The van der Waals surface area contributed by atoms with Gasteiger partial charge in [-0.25, -0.2) is 9.78 Å². The maximum absolute atomic E-state index is 12.3. The Kier molecular flexibility index (Phi) is 5.54. The van der Waals surface area contributed by atoms with Gasteiger partial charge in [-0.2, -0.15) is 0 Å². The van der Waals surface area contributed by atoms with Crippen molar-refractivity contribution in [2.75, 3.05) is 5.32 Å². The lowest BCUT2D eigenvalue weighted by Crippen LogP contribution is -2.12. The summed E-state index contributed by atoms with van der Waals surface area (Å²) in [6, 6.07) is 14.7. The first kappa shape index (κ1) is 20.7. The van der Waals surface area contributed by atoms with E-state index in [2.05, 4.69) is 10.3 Å². The van der Waals surface area contributed by atoms with Crippen molar-refractivity contribution in [3.8, 4) is 11.6 Å². The molecule has 31 heavy (non-hydrogen) atoms. The lowest BCUT2D eigenvalue weighted by atomic mass is 10.2. The van der Waals surface area contributed by atoms with Crippen LogP contribution in [0.25, 0.3) is 10.9 Å². The number of aromatic carboxylic acids is 1. The molecule has 0 aliphatic rings. The van der Waals surface area contributed by atoms with Crippen LogP contribution in [-0.2, 0) is 7.05 Å². The molecule has 0 bridgehead atoms. The van der Waals surface area contributed by atoms with Crippen LogP contribution in [0.4, 0.5) is 5.69 Å². The number of ether oxygens (including phenoxy) is 1. The number of hydrogen-bond donors (Lipinski definition) is 2. The largest absolute Gasteiger partial charge is 0.477 e. The Bertz CT molecular complexity index is 1320. The Morgan fingerprint density at radius 1 is 1.03 bits per heavy atom. The Balaban J connectivity index is 1.48. The molecule has 2 aromatic carbocycles. The number of nitrogens with one attached hydrogen (secondary N) is 1. The van der Waals surface area contributed by atoms with Crippen molar-refractivity contribution in [3.05, 3.63) is 82.1 Å². The number of amides is 1. The number of fused-ring (bicyclic) bond motifs is 1. The van der Waals surface area contributed by atoms with E-state index >= 15 is 0 Å². The highest BCUT2D eigenvalue weighted by Crippen LogP contribution is 2.27.